The van der Waals surface area contributed by atoms with Crippen LogP contribution in [0.1, 0.15) is 36.8 Å². The molecule has 2 aromatic rings. The molecule has 0 saturated carbocycles. The van der Waals surface area contributed by atoms with E-state index in [0.29, 0.717) is 19.5 Å². The van der Waals surface area contributed by atoms with Crippen LogP contribution in [0.2, 0.25) is 0 Å². The number of carbonyl (C=O) groups is 4. The fourth-order valence-electron chi connectivity index (χ4n) is 4.65. The van der Waals surface area contributed by atoms with E-state index in [1.807, 2.05) is 48.5 Å². The number of carboxylic acids is 1. The molecular weight excluding hydrogens is 452 g/mol. The number of esters is 1. The molecule has 1 atom stereocenters. The summed E-state index contributed by atoms with van der Waals surface area (Å²) in [5.41, 5.74) is 4.28. The number of nitrogens with zero attached hydrogens (tertiary/aromatic N) is 1. The van der Waals surface area contributed by atoms with Gasteiger partial charge in [-0.3, -0.25) is 14.9 Å². The molecule has 1 saturated heterocycles. The van der Waals surface area contributed by atoms with E-state index in [1.54, 1.807) is 6.92 Å². The van der Waals surface area contributed by atoms with E-state index in [0.717, 1.165) is 22.3 Å². The summed E-state index contributed by atoms with van der Waals surface area (Å²) in [6.45, 7) is 2.36. The van der Waals surface area contributed by atoms with Crippen LogP contribution < -0.4 is 5.32 Å². The van der Waals surface area contributed by atoms with E-state index in [4.69, 9.17) is 14.6 Å². The van der Waals surface area contributed by atoms with Crippen LogP contribution in [-0.2, 0) is 23.9 Å². The van der Waals surface area contributed by atoms with Crippen molar-refractivity contribution < 1.29 is 33.8 Å². The van der Waals surface area contributed by atoms with Crippen LogP contribution in [0.5, 0.6) is 0 Å². The Bertz CT molecular complexity index is 1080. The zero-order chi connectivity index (χ0) is 24.9. The van der Waals surface area contributed by atoms with Gasteiger partial charge >= 0.3 is 18.0 Å². The smallest absolute Gasteiger partial charge is 0.408 e. The van der Waals surface area contributed by atoms with Gasteiger partial charge in [-0.2, -0.15) is 0 Å². The molecule has 35 heavy (non-hydrogen) atoms. The van der Waals surface area contributed by atoms with Crippen LogP contribution in [0.25, 0.3) is 11.1 Å². The molecule has 184 valence electrons. The number of alkyl carbamates (subject to hydrolysis) is 1. The molecule has 1 aliphatic carbocycles. The summed E-state index contributed by atoms with van der Waals surface area (Å²) in [5.74, 6) is -2.46. The van der Waals surface area contributed by atoms with Crippen molar-refractivity contribution in [3.05, 3.63) is 59.7 Å². The molecule has 1 heterocycles. The van der Waals surface area contributed by atoms with Crippen LogP contribution >= 0.6 is 0 Å². The first-order valence-corrected chi connectivity index (χ1v) is 11.7. The van der Waals surface area contributed by atoms with E-state index in [1.165, 1.54) is 4.90 Å². The minimum atomic E-state index is -1.52. The first-order chi connectivity index (χ1) is 16.9. The van der Waals surface area contributed by atoms with Gasteiger partial charge in [0.2, 0.25) is 6.04 Å². The van der Waals surface area contributed by atoms with Gasteiger partial charge < -0.3 is 19.5 Å². The number of ether oxygens (including phenoxy) is 2. The van der Waals surface area contributed by atoms with Gasteiger partial charge in [0.1, 0.15) is 6.61 Å². The normalized spacial score (nSPS) is 15.4. The number of rotatable bonds is 9. The number of nitrogens with one attached hydrogen (secondary N) is 1. The number of carbonyl (C=O) groups excluding carboxylic acids is 3. The Balaban J connectivity index is 1.38. The third-order valence-electron chi connectivity index (χ3n) is 6.41. The van der Waals surface area contributed by atoms with Crippen molar-refractivity contribution in [1.82, 2.24) is 10.2 Å². The number of benzene rings is 2. The van der Waals surface area contributed by atoms with Crippen LogP contribution in [0.4, 0.5) is 4.79 Å². The second kappa shape index (κ2) is 10.6. The maximum absolute atomic E-state index is 12.9. The average molecular weight is 481 g/mol. The highest BCUT2D eigenvalue weighted by Gasteiger charge is 2.40. The number of carboxylic acid groups (broad SMARTS) is 1. The lowest BCUT2D eigenvalue weighted by Crippen LogP contribution is -2.59. The highest BCUT2D eigenvalue weighted by Crippen LogP contribution is 2.44. The van der Waals surface area contributed by atoms with Crippen LogP contribution in [0, 0.1) is 5.92 Å². The lowest BCUT2D eigenvalue weighted by molar-refractivity contribution is -0.154. The molecule has 1 unspecified atom stereocenters. The first-order valence-electron chi connectivity index (χ1n) is 11.7. The first kappa shape index (κ1) is 24.3. The summed E-state index contributed by atoms with van der Waals surface area (Å²) in [6.07, 6.45) is -0.421. The Labute approximate surface area is 203 Å². The van der Waals surface area contributed by atoms with E-state index in [-0.39, 0.29) is 31.5 Å². The Morgan fingerprint density at radius 1 is 1.00 bits per heavy atom. The Hall–Kier alpha value is -3.88. The summed E-state index contributed by atoms with van der Waals surface area (Å²) in [6, 6.07) is 14.3. The van der Waals surface area contributed by atoms with Gasteiger partial charge in [-0.05, 0) is 41.5 Å². The summed E-state index contributed by atoms with van der Waals surface area (Å²) in [7, 11) is 0. The molecule has 9 heteroatoms. The van der Waals surface area contributed by atoms with Crippen molar-refractivity contribution in [2.75, 3.05) is 26.3 Å². The monoisotopic (exact) mass is 480 g/mol. The van der Waals surface area contributed by atoms with Crippen LogP contribution in [0.15, 0.2) is 48.5 Å². The van der Waals surface area contributed by atoms with Gasteiger partial charge in [-0.15, -0.1) is 0 Å². The molecule has 2 aromatic carbocycles. The molecule has 4 rings (SSSR count). The quantitative estimate of drug-likeness (QED) is 0.418. The number of hydrogen-bond donors (Lipinski definition) is 2. The predicted molar refractivity (Wildman–Crippen MR) is 126 cm³/mol. The highest BCUT2D eigenvalue weighted by atomic mass is 16.6. The van der Waals surface area contributed by atoms with E-state index in [9.17, 15) is 19.2 Å². The lowest BCUT2D eigenvalue weighted by atomic mass is 9.94. The third-order valence-corrected chi connectivity index (χ3v) is 6.41. The molecule has 2 aliphatic rings. The largest absolute Gasteiger partial charge is 0.481 e. The molecule has 1 aliphatic heterocycles. The van der Waals surface area contributed by atoms with Gasteiger partial charge in [-0.1, -0.05) is 48.5 Å². The van der Waals surface area contributed by atoms with Crippen molar-refractivity contribution in [3.8, 4) is 11.1 Å². The van der Waals surface area contributed by atoms with Crippen molar-refractivity contribution in [3.63, 3.8) is 0 Å². The Morgan fingerprint density at radius 2 is 1.60 bits per heavy atom. The molecule has 9 nitrogen and oxygen atoms in total. The van der Waals surface area contributed by atoms with Crippen molar-refractivity contribution >= 4 is 23.9 Å². The van der Waals surface area contributed by atoms with Crippen LogP contribution in [0.3, 0.4) is 0 Å². The van der Waals surface area contributed by atoms with E-state index < -0.39 is 30.0 Å². The molecule has 0 spiro atoms. The fraction of sp³-hybridized carbons (Fsp3) is 0.385. The van der Waals surface area contributed by atoms with E-state index in [2.05, 4.69) is 5.32 Å². The lowest BCUT2D eigenvalue weighted by Gasteiger charge is -2.40. The minimum absolute atomic E-state index is 0.0198. The number of aliphatic carboxylic acids is 1. The summed E-state index contributed by atoms with van der Waals surface area (Å²) in [5, 5.41) is 11.2. The van der Waals surface area contributed by atoms with Gasteiger partial charge in [0.25, 0.3) is 5.91 Å². The minimum Gasteiger partial charge on any atom is -0.481 e. The molecule has 2 amide bonds. The van der Waals surface area contributed by atoms with Gasteiger partial charge in [0, 0.05) is 25.4 Å². The Morgan fingerprint density at radius 3 is 2.17 bits per heavy atom. The topological polar surface area (TPSA) is 122 Å². The standard InChI is InChI=1S/C26H28N2O7/c1-2-34-25(32)23(24(31)28-13-16(14-28)11-12-22(29)30)27-26(33)35-15-21-19-9-5-3-7-17(19)18-8-4-6-10-20(18)21/h3-10,16,21,23H,2,11-15H2,1H3,(H,27,33)(H,29,30). The number of amides is 2. The van der Waals surface area contributed by atoms with Gasteiger partial charge in [0.15, 0.2) is 0 Å². The van der Waals surface area contributed by atoms with Crippen molar-refractivity contribution in [1.29, 1.82) is 0 Å². The van der Waals surface area contributed by atoms with Crippen LogP contribution in [-0.4, -0.2) is 66.3 Å². The molecule has 2 N–H and O–H groups in total. The number of likely N-dealkylation sites (tertiary alicyclic amines) is 1. The second-order valence-corrected chi connectivity index (χ2v) is 8.70. The third kappa shape index (κ3) is 5.29. The molecule has 1 fully saturated rings. The summed E-state index contributed by atoms with van der Waals surface area (Å²) < 4.78 is 10.5. The summed E-state index contributed by atoms with van der Waals surface area (Å²) >= 11 is 0. The maximum Gasteiger partial charge on any atom is 0.408 e. The molecule has 0 aromatic heterocycles. The maximum atomic E-state index is 12.9. The van der Waals surface area contributed by atoms with Crippen molar-refractivity contribution in [2.45, 2.75) is 31.7 Å². The molecular formula is C26H28N2O7. The molecule has 0 bridgehead atoms. The number of hydrogen-bond acceptors (Lipinski definition) is 6. The number of fused-ring (bicyclic) bond motifs is 3. The highest BCUT2D eigenvalue weighted by molar-refractivity contribution is 6.04. The van der Waals surface area contributed by atoms with Gasteiger partial charge in [-0.25, -0.2) is 9.59 Å². The average Bonchev–Trinajstić information content (AvgIpc) is 3.13. The zero-order valence-corrected chi connectivity index (χ0v) is 19.4. The van der Waals surface area contributed by atoms with Gasteiger partial charge in [0.05, 0.1) is 6.61 Å². The predicted octanol–water partition coefficient (Wildman–Crippen LogP) is 2.78. The Kier molecular flexibility index (Phi) is 7.33. The van der Waals surface area contributed by atoms with E-state index >= 15 is 0 Å². The second-order valence-electron chi connectivity index (χ2n) is 8.70. The fourth-order valence-corrected chi connectivity index (χ4v) is 4.65. The summed E-state index contributed by atoms with van der Waals surface area (Å²) in [4.78, 5) is 50.1. The van der Waals surface area contributed by atoms with Crippen molar-refractivity contribution in [2.24, 2.45) is 5.92 Å². The SMILES string of the molecule is CCOC(=O)C(NC(=O)OCC1c2ccccc2-c2ccccc21)C(=O)N1CC(CCC(=O)O)C1. The zero-order valence-electron chi connectivity index (χ0n) is 19.4. The molecule has 0 radical (unpaired) electrons.